The van der Waals surface area contributed by atoms with E-state index in [9.17, 15) is 8.78 Å². The van der Waals surface area contributed by atoms with Crippen molar-refractivity contribution in [3.8, 4) is 5.82 Å². The zero-order valence-electron chi connectivity index (χ0n) is 14.0. The molecule has 0 saturated carbocycles. The summed E-state index contributed by atoms with van der Waals surface area (Å²) >= 11 is 3.47. The molecule has 0 N–H and O–H groups in total. The van der Waals surface area contributed by atoms with Crippen LogP contribution >= 0.6 is 15.9 Å². The first kappa shape index (κ1) is 17.5. The first-order valence-corrected chi connectivity index (χ1v) is 8.91. The van der Waals surface area contributed by atoms with Crippen LogP contribution in [0.15, 0.2) is 65.6 Å². The van der Waals surface area contributed by atoms with E-state index in [1.807, 2.05) is 36.4 Å². The van der Waals surface area contributed by atoms with Gasteiger partial charge in [-0.05, 0) is 69.9 Å². The van der Waals surface area contributed by atoms with Gasteiger partial charge in [-0.3, -0.25) is 0 Å². The second-order valence-electron chi connectivity index (χ2n) is 6.05. The monoisotopic (exact) mass is 426 g/mol. The minimum absolute atomic E-state index is 0.266. The topological polar surface area (TPSA) is 43.6 Å². The zero-order chi connectivity index (χ0) is 19.0. The summed E-state index contributed by atoms with van der Waals surface area (Å²) in [7, 11) is 0. The van der Waals surface area contributed by atoms with Crippen LogP contribution in [0, 0.1) is 11.6 Å². The Morgan fingerprint density at radius 3 is 2.56 bits per heavy atom. The molecule has 4 aromatic rings. The number of pyridine rings is 1. The Morgan fingerprint density at radius 1 is 1.04 bits per heavy atom. The summed E-state index contributed by atoms with van der Waals surface area (Å²) in [5, 5.41) is 8.30. The molecular formula is C20H13BrF2N4. The summed E-state index contributed by atoms with van der Waals surface area (Å²) in [4.78, 5) is 4.63. The molecule has 0 saturated heterocycles. The molecule has 4 rings (SSSR count). The third-order valence-corrected chi connectivity index (χ3v) is 4.71. The SMILES string of the molecule is C=C(Cc1cc(F)cc(F)c1)c1nc(-n2nnc3ccccc32)ccc1Br. The number of benzene rings is 2. The maximum absolute atomic E-state index is 13.4. The van der Waals surface area contributed by atoms with Gasteiger partial charge in [-0.2, -0.15) is 4.68 Å². The van der Waals surface area contributed by atoms with E-state index in [0.717, 1.165) is 21.6 Å². The van der Waals surface area contributed by atoms with Crippen LogP contribution < -0.4 is 0 Å². The normalized spacial score (nSPS) is 11.1. The van der Waals surface area contributed by atoms with Crippen molar-refractivity contribution in [3.63, 3.8) is 0 Å². The molecule has 0 amide bonds. The van der Waals surface area contributed by atoms with Crippen LogP contribution in [0.4, 0.5) is 8.78 Å². The van der Waals surface area contributed by atoms with Crippen LogP contribution in [0.2, 0.25) is 0 Å². The van der Waals surface area contributed by atoms with E-state index in [2.05, 4.69) is 37.8 Å². The van der Waals surface area contributed by atoms with Crippen molar-refractivity contribution in [2.24, 2.45) is 0 Å². The minimum atomic E-state index is -0.618. The van der Waals surface area contributed by atoms with E-state index in [1.165, 1.54) is 12.1 Å². The number of para-hydroxylation sites is 1. The van der Waals surface area contributed by atoms with Crippen LogP contribution in [0.5, 0.6) is 0 Å². The number of aromatic nitrogens is 4. The van der Waals surface area contributed by atoms with Crippen molar-refractivity contribution in [3.05, 3.63) is 88.5 Å². The average molecular weight is 427 g/mol. The van der Waals surface area contributed by atoms with E-state index < -0.39 is 11.6 Å². The molecule has 0 unspecified atom stereocenters. The van der Waals surface area contributed by atoms with Crippen molar-refractivity contribution < 1.29 is 8.78 Å². The van der Waals surface area contributed by atoms with Gasteiger partial charge in [0.1, 0.15) is 17.2 Å². The predicted molar refractivity (Wildman–Crippen MR) is 103 cm³/mol. The van der Waals surface area contributed by atoms with Gasteiger partial charge in [0, 0.05) is 10.5 Å². The molecule has 0 atom stereocenters. The lowest BCUT2D eigenvalue weighted by Gasteiger charge is -2.10. The number of rotatable bonds is 4. The molecular weight excluding hydrogens is 414 g/mol. The van der Waals surface area contributed by atoms with Crippen LogP contribution in [-0.4, -0.2) is 20.0 Å². The quantitative estimate of drug-likeness (QED) is 0.455. The largest absolute Gasteiger partial charge is 0.228 e. The number of fused-ring (bicyclic) bond motifs is 1. The summed E-state index contributed by atoms with van der Waals surface area (Å²) in [5.74, 6) is -0.659. The Bertz CT molecular complexity index is 1150. The second kappa shape index (κ2) is 7.00. The van der Waals surface area contributed by atoms with Crippen molar-refractivity contribution in [2.75, 3.05) is 0 Å². The third-order valence-electron chi connectivity index (χ3n) is 4.07. The highest BCUT2D eigenvalue weighted by Crippen LogP contribution is 2.26. The summed E-state index contributed by atoms with van der Waals surface area (Å²) < 4.78 is 29.3. The highest BCUT2D eigenvalue weighted by Gasteiger charge is 2.13. The fourth-order valence-electron chi connectivity index (χ4n) is 2.88. The number of hydrogen-bond acceptors (Lipinski definition) is 3. The summed E-state index contributed by atoms with van der Waals surface area (Å²) in [6.07, 6.45) is 0.266. The second-order valence-corrected chi connectivity index (χ2v) is 6.90. The molecule has 2 heterocycles. The van der Waals surface area contributed by atoms with Gasteiger partial charge >= 0.3 is 0 Å². The zero-order valence-corrected chi connectivity index (χ0v) is 15.6. The van der Waals surface area contributed by atoms with Crippen LogP contribution in [0.3, 0.4) is 0 Å². The summed E-state index contributed by atoms with van der Waals surface area (Å²) in [6, 6.07) is 14.6. The van der Waals surface area contributed by atoms with Gasteiger partial charge in [0.05, 0.1) is 11.2 Å². The number of hydrogen-bond donors (Lipinski definition) is 0. The average Bonchev–Trinajstić information content (AvgIpc) is 3.05. The maximum atomic E-state index is 13.4. The van der Waals surface area contributed by atoms with Crippen LogP contribution in [-0.2, 0) is 6.42 Å². The third kappa shape index (κ3) is 3.50. The van der Waals surface area contributed by atoms with Crippen molar-refractivity contribution in [1.29, 1.82) is 0 Å². The van der Waals surface area contributed by atoms with E-state index in [0.29, 0.717) is 22.6 Å². The molecule has 0 fully saturated rings. The van der Waals surface area contributed by atoms with Gasteiger partial charge in [0.15, 0.2) is 5.82 Å². The van der Waals surface area contributed by atoms with Crippen LogP contribution in [0.1, 0.15) is 11.3 Å². The van der Waals surface area contributed by atoms with Gasteiger partial charge in [-0.15, -0.1) is 5.10 Å². The fraction of sp³-hybridized carbons (Fsp3) is 0.0500. The van der Waals surface area contributed by atoms with Crippen molar-refractivity contribution in [1.82, 2.24) is 20.0 Å². The van der Waals surface area contributed by atoms with Gasteiger partial charge in [-0.25, -0.2) is 13.8 Å². The molecule has 7 heteroatoms. The Kier molecular flexibility index (Phi) is 4.53. The Hall–Kier alpha value is -2.93. The molecule has 0 aliphatic heterocycles. The van der Waals surface area contributed by atoms with E-state index >= 15 is 0 Å². The van der Waals surface area contributed by atoms with Gasteiger partial charge in [-0.1, -0.05) is 23.9 Å². The van der Waals surface area contributed by atoms with Crippen LogP contribution in [0.25, 0.3) is 22.4 Å². The number of nitrogens with zero attached hydrogens (tertiary/aromatic N) is 4. The molecule has 134 valence electrons. The van der Waals surface area contributed by atoms with Gasteiger partial charge in [0.2, 0.25) is 0 Å². The van der Waals surface area contributed by atoms with Crippen molar-refractivity contribution >= 4 is 32.5 Å². The lowest BCUT2D eigenvalue weighted by Crippen LogP contribution is -2.03. The summed E-state index contributed by atoms with van der Waals surface area (Å²) in [5.41, 5.74) is 3.30. The Morgan fingerprint density at radius 2 is 1.78 bits per heavy atom. The smallest absolute Gasteiger partial charge is 0.156 e. The first-order chi connectivity index (χ1) is 13.0. The molecule has 4 nitrogen and oxygen atoms in total. The van der Waals surface area contributed by atoms with E-state index in [-0.39, 0.29) is 6.42 Å². The highest BCUT2D eigenvalue weighted by atomic mass is 79.9. The molecule has 27 heavy (non-hydrogen) atoms. The predicted octanol–water partition coefficient (Wildman–Crippen LogP) is 5.11. The maximum Gasteiger partial charge on any atom is 0.156 e. The molecule has 0 aliphatic rings. The lowest BCUT2D eigenvalue weighted by molar-refractivity contribution is 0.581. The highest BCUT2D eigenvalue weighted by molar-refractivity contribution is 9.10. The molecule has 0 bridgehead atoms. The molecule has 0 spiro atoms. The lowest BCUT2D eigenvalue weighted by atomic mass is 10.0. The first-order valence-electron chi connectivity index (χ1n) is 8.12. The van der Waals surface area contributed by atoms with Gasteiger partial charge in [0.25, 0.3) is 0 Å². The number of allylic oxidation sites excluding steroid dienone is 1. The fourth-order valence-corrected chi connectivity index (χ4v) is 3.38. The molecule has 0 aliphatic carbocycles. The van der Waals surface area contributed by atoms with Crippen molar-refractivity contribution in [2.45, 2.75) is 6.42 Å². The Balaban J connectivity index is 1.71. The molecule has 2 aromatic heterocycles. The van der Waals surface area contributed by atoms with E-state index in [4.69, 9.17) is 0 Å². The van der Waals surface area contributed by atoms with Gasteiger partial charge < -0.3 is 0 Å². The minimum Gasteiger partial charge on any atom is -0.228 e. The number of halogens is 3. The molecule has 0 radical (unpaired) electrons. The Labute approximate surface area is 162 Å². The standard InChI is InChI=1S/C20H13BrF2N4/c1-12(8-13-9-14(22)11-15(23)10-13)20-16(21)6-7-19(24-20)27-18-5-3-2-4-17(18)25-26-27/h2-7,9-11H,1,8H2. The van der Waals surface area contributed by atoms with E-state index in [1.54, 1.807) is 4.68 Å². The summed E-state index contributed by atoms with van der Waals surface area (Å²) in [6.45, 7) is 4.04. The molecule has 2 aromatic carbocycles.